The van der Waals surface area contributed by atoms with E-state index in [1.165, 1.54) is 12.3 Å². The van der Waals surface area contributed by atoms with Gasteiger partial charge >= 0.3 is 0 Å². The summed E-state index contributed by atoms with van der Waals surface area (Å²) in [5.41, 5.74) is 0. The Morgan fingerprint density at radius 2 is 2.36 bits per heavy atom. The maximum absolute atomic E-state index is 12.5. The minimum atomic E-state index is -0.327. The zero-order chi connectivity index (χ0) is 10.4. The average Bonchev–Trinajstić information content (AvgIpc) is 2.17. The van der Waals surface area contributed by atoms with Crippen LogP contribution < -0.4 is 5.32 Å². The number of halogens is 2. The predicted molar refractivity (Wildman–Crippen MR) is 57.2 cm³/mol. The number of anilines is 1. The highest BCUT2D eigenvalue weighted by Gasteiger charge is 2.02. The normalized spacial score (nSPS) is 12.5. The second-order valence-corrected chi connectivity index (χ2v) is 3.75. The summed E-state index contributed by atoms with van der Waals surface area (Å²) in [5, 5.41) is 3.15. The van der Waals surface area contributed by atoms with Gasteiger partial charge in [-0.3, -0.25) is 0 Å². The fourth-order valence-electron chi connectivity index (χ4n) is 1.11. The first-order chi connectivity index (χ1) is 6.72. The highest BCUT2D eigenvalue weighted by atomic mass is 35.5. The number of pyridine rings is 1. The number of alkyl halides is 1. The van der Waals surface area contributed by atoms with Crippen molar-refractivity contribution in [2.45, 2.75) is 25.1 Å². The van der Waals surface area contributed by atoms with Crippen LogP contribution in [0.3, 0.4) is 0 Å². The van der Waals surface area contributed by atoms with Crippen LogP contribution in [0.15, 0.2) is 18.3 Å². The van der Waals surface area contributed by atoms with Crippen molar-refractivity contribution < 1.29 is 4.39 Å². The van der Waals surface area contributed by atoms with E-state index in [0.717, 1.165) is 12.8 Å². The average molecular weight is 217 g/mol. The van der Waals surface area contributed by atoms with E-state index in [2.05, 4.69) is 17.2 Å². The van der Waals surface area contributed by atoms with Gasteiger partial charge in [0.15, 0.2) is 0 Å². The van der Waals surface area contributed by atoms with Crippen LogP contribution in [-0.2, 0) is 0 Å². The molecule has 78 valence electrons. The Labute approximate surface area is 88.5 Å². The van der Waals surface area contributed by atoms with Crippen molar-refractivity contribution in [2.75, 3.05) is 11.9 Å². The van der Waals surface area contributed by atoms with Gasteiger partial charge in [-0.05, 0) is 18.6 Å². The molecule has 1 heterocycles. The first kappa shape index (κ1) is 11.2. The molecule has 1 rings (SSSR count). The third kappa shape index (κ3) is 3.92. The summed E-state index contributed by atoms with van der Waals surface area (Å²) in [7, 11) is 0. The lowest BCUT2D eigenvalue weighted by molar-refractivity contribution is 0.621. The van der Waals surface area contributed by atoms with Crippen molar-refractivity contribution in [3.8, 4) is 0 Å². The molecule has 0 amide bonds. The van der Waals surface area contributed by atoms with Gasteiger partial charge < -0.3 is 5.32 Å². The monoisotopic (exact) mass is 216 g/mol. The van der Waals surface area contributed by atoms with Gasteiger partial charge in [-0.25, -0.2) is 9.37 Å². The molecule has 0 bridgehead atoms. The molecule has 4 heteroatoms. The largest absolute Gasteiger partial charge is 0.369 e. The predicted octanol–water partition coefficient (Wildman–Crippen LogP) is 3.04. The van der Waals surface area contributed by atoms with Crippen molar-refractivity contribution in [1.82, 2.24) is 4.98 Å². The van der Waals surface area contributed by atoms with Crippen molar-refractivity contribution in [2.24, 2.45) is 0 Å². The zero-order valence-corrected chi connectivity index (χ0v) is 8.89. The molecule has 0 fully saturated rings. The van der Waals surface area contributed by atoms with Crippen LogP contribution in [0.1, 0.15) is 19.8 Å². The lowest BCUT2D eigenvalue weighted by Gasteiger charge is -2.09. The van der Waals surface area contributed by atoms with E-state index in [1.807, 2.05) is 0 Å². The minimum absolute atomic E-state index is 0.104. The third-order valence-electron chi connectivity index (χ3n) is 1.83. The standard InChI is InChI=1S/C10H14ClFN2/c1-2-3-8(11)6-13-10-5-4-9(12)7-14-10/h4-5,7-8H,2-3,6H2,1H3,(H,13,14). The molecule has 1 unspecified atom stereocenters. The van der Waals surface area contributed by atoms with Crippen LogP contribution in [0.5, 0.6) is 0 Å². The molecule has 0 aliphatic carbocycles. The summed E-state index contributed by atoms with van der Waals surface area (Å²) in [6.07, 6.45) is 3.22. The van der Waals surface area contributed by atoms with Crippen LogP contribution >= 0.6 is 11.6 Å². The van der Waals surface area contributed by atoms with Gasteiger partial charge in [0.25, 0.3) is 0 Å². The number of nitrogens with zero attached hydrogens (tertiary/aromatic N) is 1. The lowest BCUT2D eigenvalue weighted by Crippen LogP contribution is -2.14. The SMILES string of the molecule is CCCC(Cl)CNc1ccc(F)cn1. The molecule has 0 aliphatic heterocycles. The van der Waals surface area contributed by atoms with Crippen molar-refractivity contribution in [3.05, 3.63) is 24.1 Å². The molecule has 0 saturated carbocycles. The quantitative estimate of drug-likeness (QED) is 0.766. The first-order valence-corrected chi connectivity index (χ1v) is 5.15. The van der Waals surface area contributed by atoms with E-state index in [9.17, 15) is 4.39 Å². The van der Waals surface area contributed by atoms with E-state index >= 15 is 0 Å². The molecular formula is C10H14ClFN2. The molecule has 1 aromatic rings. The number of hydrogen-bond acceptors (Lipinski definition) is 2. The second kappa shape index (κ2) is 5.81. The topological polar surface area (TPSA) is 24.9 Å². The van der Waals surface area contributed by atoms with Crippen LogP contribution in [0.4, 0.5) is 10.2 Å². The van der Waals surface area contributed by atoms with E-state index in [1.54, 1.807) is 6.07 Å². The smallest absolute Gasteiger partial charge is 0.141 e. The summed E-state index contributed by atoms with van der Waals surface area (Å²) in [4.78, 5) is 3.87. The molecule has 0 spiro atoms. The maximum atomic E-state index is 12.5. The molecule has 1 aromatic heterocycles. The highest BCUT2D eigenvalue weighted by molar-refractivity contribution is 6.20. The van der Waals surface area contributed by atoms with Crippen molar-refractivity contribution in [3.63, 3.8) is 0 Å². The summed E-state index contributed by atoms with van der Waals surface area (Å²) in [6, 6.07) is 2.98. The molecule has 0 aliphatic rings. The van der Waals surface area contributed by atoms with Gasteiger partial charge in [-0.15, -0.1) is 11.6 Å². The number of hydrogen-bond donors (Lipinski definition) is 1. The number of rotatable bonds is 5. The summed E-state index contributed by atoms with van der Waals surface area (Å²) in [6.45, 7) is 2.75. The Morgan fingerprint density at radius 3 is 2.93 bits per heavy atom. The van der Waals surface area contributed by atoms with Crippen LogP contribution in [0.2, 0.25) is 0 Å². The fraction of sp³-hybridized carbons (Fsp3) is 0.500. The molecule has 0 radical (unpaired) electrons. The first-order valence-electron chi connectivity index (χ1n) is 4.72. The molecule has 0 aromatic carbocycles. The van der Waals surface area contributed by atoms with Gasteiger partial charge in [0.1, 0.15) is 11.6 Å². The Morgan fingerprint density at radius 1 is 1.57 bits per heavy atom. The van der Waals surface area contributed by atoms with E-state index < -0.39 is 0 Å². The molecule has 1 N–H and O–H groups in total. The highest BCUT2D eigenvalue weighted by Crippen LogP contribution is 2.08. The summed E-state index contributed by atoms with van der Waals surface area (Å²) >= 11 is 6.00. The van der Waals surface area contributed by atoms with Crippen LogP contribution in [0.25, 0.3) is 0 Å². The van der Waals surface area contributed by atoms with Gasteiger partial charge in [0.2, 0.25) is 0 Å². The lowest BCUT2D eigenvalue weighted by atomic mass is 10.2. The Balaban J connectivity index is 2.34. The van der Waals surface area contributed by atoms with E-state index in [-0.39, 0.29) is 11.2 Å². The maximum Gasteiger partial charge on any atom is 0.141 e. The van der Waals surface area contributed by atoms with E-state index in [4.69, 9.17) is 11.6 Å². The van der Waals surface area contributed by atoms with E-state index in [0.29, 0.717) is 12.4 Å². The van der Waals surface area contributed by atoms with Crippen molar-refractivity contribution in [1.29, 1.82) is 0 Å². The third-order valence-corrected chi connectivity index (χ3v) is 2.21. The second-order valence-electron chi connectivity index (χ2n) is 3.13. The summed E-state index contributed by atoms with van der Waals surface area (Å²) in [5.74, 6) is 0.333. The van der Waals surface area contributed by atoms with Gasteiger partial charge in [-0.2, -0.15) is 0 Å². The molecule has 2 nitrogen and oxygen atoms in total. The Hall–Kier alpha value is -0.830. The fourth-order valence-corrected chi connectivity index (χ4v) is 1.41. The molecular weight excluding hydrogens is 203 g/mol. The summed E-state index contributed by atoms with van der Waals surface area (Å²) < 4.78 is 12.5. The number of aromatic nitrogens is 1. The molecule has 14 heavy (non-hydrogen) atoms. The Bertz CT molecular complexity index is 263. The molecule has 0 saturated heterocycles. The van der Waals surface area contributed by atoms with Gasteiger partial charge in [-0.1, -0.05) is 13.3 Å². The minimum Gasteiger partial charge on any atom is -0.369 e. The zero-order valence-electron chi connectivity index (χ0n) is 8.13. The van der Waals surface area contributed by atoms with Crippen LogP contribution in [-0.4, -0.2) is 16.9 Å². The number of nitrogens with one attached hydrogen (secondary N) is 1. The van der Waals surface area contributed by atoms with Crippen molar-refractivity contribution >= 4 is 17.4 Å². The van der Waals surface area contributed by atoms with Gasteiger partial charge in [0, 0.05) is 6.54 Å². The van der Waals surface area contributed by atoms with Gasteiger partial charge in [0.05, 0.1) is 11.6 Å². The Kier molecular flexibility index (Phi) is 4.66. The van der Waals surface area contributed by atoms with Crippen LogP contribution in [0, 0.1) is 5.82 Å². The molecule has 1 atom stereocenters.